The molecule has 0 spiro atoms. The van der Waals surface area contributed by atoms with Crippen molar-refractivity contribution in [2.24, 2.45) is 0 Å². The minimum absolute atomic E-state index is 0.0251. The number of hydrogen-bond donors (Lipinski definition) is 1. The summed E-state index contributed by atoms with van der Waals surface area (Å²) in [5.41, 5.74) is 1.96. The summed E-state index contributed by atoms with van der Waals surface area (Å²) in [4.78, 5) is 23.1. The number of aryl methyl sites for hydroxylation is 1. The molecule has 1 aromatic carbocycles. The van der Waals surface area contributed by atoms with Crippen molar-refractivity contribution in [2.45, 2.75) is 32.2 Å². The van der Waals surface area contributed by atoms with Crippen LogP contribution in [0.2, 0.25) is 0 Å². The second-order valence-electron chi connectivity index (χ2n) is 6.17. The Hall–Kier alpha value is -2.63. The van der Waals surface area contributed by atoms with E-state index in [9.17, 15) is 4.79 Å². The van der Waals surface area contributed by atoms with Crippen LogP contribution in [0.25, 0.3) is 0 Å². The van der Waals surface area contributed by atoms with Gasteiger partial charge in [-0.3, -0.25) is 4.79 Å². The van der Waals surface area contributed by atoms with Crippen LogP contribution in [0, 0.1) is 0 Å². The Morgan fingerprint density at radius 3 is 2.68 bits per heavy atom. The Bertz CT molecular complexity index is 697. The third-order valence-electron chi connectivity index (χ3n) is 4.36. The van der Waals surface area contributed by atoms with Crippen molar-refractivity contribution < 1.29 is 9.53 Å². The van der Waals surface area contributed by atoms with Crippen LogP contribution < -0.4 is 15.0 Å². The van der Waals surface area contributed by atoms with Gasteiger partial charge in [-0.15, -0.1) is 0 Å². The molecule has 1 aliphatic heterocycles. The van der Waals surface area contributed by atoms with Crippen LogP contribution >= 0.6 is 0 Å². The zero-order valence-electron chi connectivity index (χ0n) is 14.6. The van der Waals surface area contributed by atoms with Gasteiger partial charge in [0.15, 0.2) is 0 Å². The number of rotatable bonds is 7. The number of carbonyl (C=O) groups is 1. The van der Waals surface area contributed by atoms with E-state index in [4.69, 9.17) is 4.74 Å². The first-order valence-electron chi connectivity index (χ1n) is 8.71. The van der Waals surface area contributed by atoms with Gasteiger partial charge in [-0.25, -0.2) is 9.97 Å². The Kier molecular flexibility index (Phi) is 5.82. The molecule has 1 amide bonds. The number of hydrogen-bond acceptors (Lipinski definition) is 5. The molecule has 2 aromatic rings. The molecule has 3 rings (SSSR count). The quantitative estimate of drug-likeness (QED) is 0.838. The smallest absolute Gasteiger partial charge is 0.225 e. The molecule has 25 heavy (non-hydrogen) atoms. The lowest BCUT2D eigenvalue weighted by Gasteiger charge is -2.15. The summed E-state index contributed by atoms with van der Waals surface area (Å²) in [5, 5.41) is 2.94. The molecule has 6 nitrogen and oxygen atoms in total. The lowest BCUT2D eigenvalue weighted by Crippen LogP contribution is -2.25. The van der Waals surface area contributed by atoms with Crippen molar-refractivity contribution in [3.63, 3.8) is 0 Å². The average Bonchev–Trinajstić information content (AvgIpc) is 3.20. The minimum atomic E-state index is 0.0251. The first kappa shape index (κ1) is 17.2. The van der Waals surface area contributed by atoms with E-state index in [-0.39, 0.29) is 5.91 Å². The predicted molar refractivity (Wildman–Crippen MR) is 96.6 cm³/mol. The zero-order chi connectivity index (χ0) is 17.5. The standard InChI is InChI=1S/C19H24N4O2/c1-25-17-7-4-15(5-8-17)6-9-18(24)21-14-16-10-11-20-19(22-16)23-12-2-3-13-23/h4-5,7-8,10-11H,2-3,6,9,12-14H2,1H3,(H,21,24). The summed E-state index contributed by atoms with van der Waals surface area (Å²) >= 11 is 0. The highest BCUT2D eigenvalue weighted by Gasteiger charge is 2.15. The van der Waals surface area contributed by atoms with Crippen molar-refractivity contribution >= 4 is 11.9 Å². The van der Waals surface area contributed by atoms with Crippen LogP contribution in [0.15, 0.2) is 36.5 Å². The van der Waals surface area contributed by atoms with Gasteiger partial charge in [0, 0.05) is 25.7 Å². The lowest BCUT2D eigenvalue weighted by atomic mass is 10.1. The number of aromatic nitrogens is 2. The van der Waals surface area contributed by atoms with Crippen LogP contribution in [-0.2, 0) is 17.8 Å². The van der Waals surface area contributed by atoms with E-state index in [2.05, 4.69) is 20.2 Å². The molecular formula is C19H24N4O2. The van der Waals surface area contributed by atoms with Gasteiger partial charge in [0.1, 0.15) is 5.75 Å². The maximum absolute atomic E-state index is 12.1. The number of benzene rings is 1. The topological polar surface area (TPSA) is 67.3 Å². The monoisotopic (exact) mass is 340 g/mol. The van der Waals surface area contributed by atoms with E-state index >= 15 is 0 Å². The normalized spacial score (nSPS) is 13.7. The van der Waals surface area contributed by atoms with E-state index in [1.54, 1.807) is 13.3 Å². The molecule has 0 bridgehead atoms. The van der Waals surface area contributed by atoms with Gasteiger partial charge in [-0.05, 0) is 43.0 Å². The van der Waals surface area contributed by atoms with Gasteiger partial charge >= 0.3 is 0 Å². The SMILES string of the molecule is COc1ccc(CCC(=O)NCc2ccnc(N3CCCC3)n2)cc1. The van der Waals surface area contributed by atoms with Crippen LogP contribution in [0.3, 0.4) is 0 Å². The zero-order valence-corrected chi connectivity index (χ0v) is 14.6. The Morgan fingerprint density at radius 2 is 1.96 bits per heavy atom. The van der Waals surface area contributed by atoms with E-state index in [1.165, 1.54) is 12.8 Å². The molecule has 1 N–H and O–H groups in total. The Morgan fingerprint density at radius 1 is 1.20 bits per heavy atom. The van der Waals surface area contributed by atoms with Crippen LogP contribution in [0.4, 0.5) is 5.95 Å². The first-order valence-corrected chi connectivity index (χ1v) is 8.71. The molecule has 0 atom stereocenters. The fourth-order valence-electron chi connectivity index (χ4n) is 2.88. The minimum Gasteiger partial charge on any atom is -0.497 e. The van der Waals surface area contributed by atoms with Crippen molar-refractivity contribution in [1.29, 1.82) is 0 Å². The largest absolute Gasteiger partial charge is 0.497 e. The molecule has 0 radical (unpaired) electrons. The number of methoxy groups -OCH3 is 1. The number of nitrogens with zero attached hydrogens (tertiary/aromatic N) is 3. The summed E-state index contributed by atoms with van der Waals surface area (Å²) in [7, 11) is 1.64. The van der Waals surface area contributed by atoms with E-state index in [0.717, 1.165) is 36.0 Å². The summed E-state index contributed by atoms with van der Waals surface area (Å²) in [6.45, 7) is 2.46. The van der Waals surface area contributed by atoms with Crippen molar-refractivity contribution in [1.82, 2.24) is 15.3 Å². The van der Waals surface area contributed by atoms with E-state index < -0.39 is 0 Å². The van der Waals surface area contributed by atoms with Gasteiger partial charge < -0.3 is 15.0 Å². The van der Waals surface area contributed by atoms with Crippen molar-refractivity contribution in [2.75, 3.05) is 25.1 Å². The maximum Gasteiger partial charge on any atom is 0.225 e. The fourth-order valence-corrected chi connectivity index (χ4v) is 2.88. The third kappa shape index (κ3) is 4.92. The van der Waals surface area contributed by atoms with Gasteiger partial charge in [-0.1, -0.05) is 12.1 Å². The highest BCUT2D eigenvalue weighted by atomic mass is 16.5. The maximum atomic E-state index is 12.1. The molecular weight excluding hydrogens is 316 g/mol. The van der Waals surface area contributed by atoms with Crippen LogP contribution in [-0.4, -0.2) is 36.1 Å². The molecule has 2 heterocycles. The molecule has 132 valence electrons. The Labute approximate surface area is 148 Å². The second kappa shape index (κ2) is 8.46. The van der Waals surface area contributed by atoms with Gasteiger partial charge in [0.25, 0.3) is 0 Å². The van der Waals surface area contributed by atoms with Crippen molar-refractivity contribution in [3.8, 4) is 5.75 Å². The van der Waals surface area contributed by atoms with Gasteiger partial charge in [0.05, 0.1) is 19.3 Å². The van der Waals surface area contributed by atoms with Crippen molar-refractivity contribution in [3.05, 3.63) is 47.8 Å². The molecule has 6 heteroatoms. The van der Waals surface area contributed by atoms with E-state index in [1.807, 2.05) is 30.3 Å². The Balaban J connectivity index is 1.46. The highest BCUT2D eigenvalue weighted by Crippen LogP contribution is 2.15. The average molecular weight is 340 g/mol. The number of amides is 1. The number of ether oxygens (including phenoxy) is 1. The predicted octanol–water partition coefficient (Wildman–Crippen LogP) is 2.33. The molecule has 0 aliphatic carbocycles. The summed E-state index contributed by atoms with van der Waals surface area (Å²) < 4.78 is 5.13. The third-order valence-corrected chi connectivity index (χ3v) is 4.36. The number of carbonyl (C=O) groups excluding carboxylic acids is 1. The van der Waals surface area contributed by atoms with E-state index in [0.29, 0.717) is 19.4 Å². The molecule has 0 saturated carbocycles. The highest BCUT2D eigenvalue weighted by molar-refractivity contribution is 5.76. The van der Waals surface area contributed by atoms with Crippen LogP contribution in [0.1, 0.15) is 30.5 Å². The van der Waals surface area contributed by atoms with Crippen LogP contribution in [0.5, 0.6) is 5.75 Å². The molecule has 1 fully saturated rings. The first-order chi connectivity index (χ1) is 12.2. The molecule has 1 saturated heterocycles. The summed E-state index contributed by atoms with van der Waals surface area (Å²) in [5.74, 6) is 1.62. The van der Waals surface area contributed by atoms with Gasteiger partial charge in [0.2, 0.25) is 11.9 Å². The number of anilines is 1. The lowest BCUT2D eigenvalue weighted by molar-refractivity contribution is -0.121. The molecule has 1 aliphatic rings. The summed E-state index contributed by atoms with van der Waals surface area (Å²) in [6.07, 6.45) is 5.31. The fraction of sp³-hybridized carbons (Fsp3) is 0.421. The molecule has 1 aromatic heterocycles. The second-order valence-corrected chi connectivity index (χ2v) is 6.17. The summed E-state index contributed by atoms with van der Waals surface area (Å²) in [6, 6.07) is 9.64. The number of nitrogens with one attached hydrogen (secondary N) is 1. The molecule has 0 unspecified atom stereocenters. The van der Waals surface area contributed by atoms with Gasteiger partial charge in [-0.2, -0.15) is 0 Å².